The molecular formula is C42H27FN2. The van der Waals surface area contributed by atoms with Crippen LogP contribution in [-0.4, -0.2) is 4.57 Å². The van der Waals surface area contributed by atoms with E-state index in [4.69, 9.17) is 0 Å². The topological polar surface area (TPSA) is 8.17 Å². The monoisotopic (exact) mass is 578 g/mol. The van der Waals surface area contributed by atoms with Crippen LogP contribution < -0.4 is 4.90 Å². The van der Waals surface area contributed by atoms with Gasteiger partial charge in [0, 0.05) is 33.2 Å². The molecule has 0 aliphatic heterocycles. The molecule has 0 bridgehead atoms. The Kier molecular flexibility index (Phi) is 5.72. The summed E-state index contributed by atoms with van der Waals surface area (Å²) >= 11 is 0. The molecule has 0 spiro atoms. The van der Waals surface area contributed by atoms with Crippen LogP contribution in [0.5, 0.6) is 0 Å². The minimum absolute atomic E-state index is 0.233. The molecule has 0 radical (unpaired) electrons. The zero-order valence-electron chi connectivity index (χ0n) is 24.4. The van der Waals surface area contributed by atoms with Gasteiger partial charge < -0.3 is 9.47 Å². The SMILES string of the molecule is Fc1ccc(-n2c3cccc4ccc5c(-c6ccc(N(c7ccccc7)c7cccc8ccccc78)cc6)ccc2c5c43)cc1. The highest BCUT2D eigenvalue weighted by Crippen LogP contribution is 2.44. The van der Waals surface area contributed by atoms with E-state index in [2.05, 4.69) is 149 Å². The molecule has 0 aliphatic rings. The second kappa shape index (κ2) is 10.1. The van der Waals surface area contributed by atoms with Gasteiger partial charge in [-0.2, -0.15) is 0 Å². The number of aromatic nitrogens is 1. The fourth-order valence-corrected chi connectivity index (χ4v) is 7.01. The highest BCUT2D eigenvalue weighted by Gasteiger charge is 2.20. The first kappa shape index (κ1) is 25.6. The lowest BCUT2D eigenvalue weighted by molar-refractivity contribution is 0.627. The molecule has 0 fully saturated rings. The van der Waals surface area contributed by atoms with Crippen molar-refractivity contribution in [2.24, 2.45) is 0 Å². The number of nitrogens with zero attached hydrogens (tertiary/aromatic N) is 2. The van der Waals surface area contributed by atoms with E-state index in [0.29, 0.717) is 0 Å². The van der Waals surface area contributed by atoms with Gasteiger partial charge >= 0.3 is 0 Å². The van der Waals surface area contributed by atoms with E-state index in [0.717, 1.165) is 39.3 Å². The third kappa shape index (κ3) is 4.01. The average Bonchev–Trinajstić information content (AvgIpc) is 3.44. The zero-order chi connectivity index (χ0) is 29.9. The maximum absolute atomic E-state index is 13.9. The zero-order valence-corrected chi connectivity index (χ0v) is 24.4. The lowest BCUT2D eigenvalue weighted by Crippen LogP contribution is -2.10. The molecule has 1 aromatic heterocycles. The second-order valence-corrected chi connectivity index (χ2v) is 11.5. The Labute approximate surface area is 260 Å². The molecule has 8 aromatic carbocycles. The van der Waals surface area contributed by atoms with Gasteiger partial charge in [-0.3, -0.25) is 0 Å². The van der Waals surface area contributed by atoms with Crippen LogP contribution in [0, 0.1) is 5.82 Å². The van der Waals surface area contributed by atoms with Crippen molar-refractivity contribution < 1.29 is 4.39 Å². The van der Waals surface area contributed by atoms with Crippen LogP contribution in [-0.2, 0) is 0 Å². The average molecular weight is 579 g/mol. The lowest BCUT2D eigenvalue weighted by atomic mass is 9.94. The van der Waals surface area contributed by atoms with E-state index >= 15 is 0 Å². The summed E-state index contributed by atoms with van der Waals surface area (Å²) in [5.41, 5.74) is 8.91. The van der Waals surface area contributed by atoms with Gasteiger partial charge in [-0.15, -0.1) is 0 Å². The number of halogens is 1. The lowest BCUT2D eigenvalue weighted by Gasteiger charge is -2.27. The van der Waals surface area contributed by atoms with Crippen LogP contribution in [0.3, 0.4) is 0 Å². The molecule has 9 aromatic rings. The van der Waals surface area contributed by atoms with Gasteiger partial charge in [0.1, 0.15) is 5.82 Å². The molecule has 0 saturated heterocycles. The molecule has 1 heterocycles. The van der Waals surface area contributed by atoms with E-state index in [1.165, 1.54) is 50.0 Å². The van der Waals surface area contributed by atoms with Crippen molar-refractivity contribution in [2.75, 3.05) is 4.90 Å². The fraction of sp³-hybridized carbons (Fsp3) is 0. The summed E-state index contributed by atoms with van der Waals surface area (Å²) in [6.07, 6.45) is 0. The standard InChI is InChI=1S/C42H27FN2/c43-31-19-23-34(24-20-31)45-39-15-7-10-30-18-25-37-35(26-27-40(45)42(37)41(30)39)29-16-21-33(22-17-29)44(32-11-2-1-3-12-32)38-14-6-9-28-8-4-5-13-36(28)38/h1-27H. The first-order chi connectivity index (χ1) is 22.2. The molecular weight excluding hydrogens is 551 g/mol. The normalized spacial score (nSPS) is 11.7. The van der Waals surface area contributed by atoms with E-state index in [1.807, 2.05) is 12.1 Å². The quantitative estimate of drug-likeness (QED) is 0.184. The third-order valence-corrected chi connectivity index (χ3v) is 9.00. The Morgan fingerprint density at radius 2 is 1.13 bits per heavy atom. The number of anilines is 3. The molecule has 0 saturated carbocycles. The summed E-state index contributed by atoms with van der Waals surface area (Å²) in [5.74, 6) is -0.233. The van der Waals surface area contributed by atoms with Gasteiger partial charge in [0.15, 0.2) is 0 Å². The van der Waals surface area contributed by atoms with E-state index in [9.17, 15) is 4.39 Å². The molecule has 9 rings (SSSR count). The highest BCUT2D eigenvalue weighted by atomic mass is 19.1. The Morgan fingerprint density at radius 3 is 1.98 bits per heavy atom. The van der Waals surface area contributed by atoms with Crippen molar-refractivity contribution in [3.05, 3.63) is 170 Å². The van der Waals surface area contributed by atoms with Gasteiger partial charge in [-0.1, -0.05) is 97.1 Å². The van der Waals surface area contributed by atoms with Crippen LogP contribution in [0.2, 0.25) is 0 Å². The second-order valence-electron chi connectivity index (χ2n) is 11.5. The largest absolute Gasteiger partial charge is 0.310 e. The third-order valence-electron chi connectivity index (χ3n) is 9.00. The van der Waals surface area contributed by atoms with Crippen molar-refractivity contribution in [1.82, 2.24) is 4.57 Å². The van der Waals surface area contributed by atoms with Crippen LogP contribution in [0.4, 0.5) is 21.5 Å². The molecule has 0 unspecified atom stereocenters. The number of fused-ring (bicyclic) bond motifs is 1. The number of para-hydroxylation sites is 1. The number of rotatable bonds is 5. The Morgan fingerprint density at radius 1 is 0.444 bits per heavy atom. The molecule has 0 aliphatic carbocycles. The molecule has 0 amide bonds. The summed E-state index contributed by atoms with van der Waals surface area (Å²) in [6, 6.07) is 56.6. The molecule has 212 valence electrons. The van der Waals surface area contributed by atoms with Crippen molar-refractivity contribution in [3.8, 4) is 16.8 Å². The van der Waals surface area contributed by atoms with E-state index in [-0.39, 0.29) is 5.82 Å². The fourth-order valence-electron chi connectivity index (χ4n) is 7.01. The first-order valence-electron chi connectivity index (χ1n) is 15.2. The minimum Gasteiger partial charge on any atom is -0.310 e. The smallest absolute Gasteiger partial charge is 0.123 e. The highest BCUT2D eigenvalue weighted by molar-refractivity contribution is 6.26. The maximum atomic E-state index is 13.9. The summed E-state index contributed by atoms with van der Waals surface area (Å²) in [5, 5.41) is 7.30. The van der Waals surface area contributed by atoms with Gasteiger partial charge in [-0.25, -0.2) is 4.39 Å². The van der Waals surface area contributed by atoms with Crippen molar-refractivity contribution >= 4 is 60.4 Å². The molecule has 0 N–H and O–H groups in total. The van der Waals surface area contributed by atoms with Crippen molar-refractivity contribution in [1.29, 1.82) is 0 Å². The Hall–Kier alpha value is -5.93. The minimum atomic E-state index is -0.233. The van der Waals surface area contributed by atoms with Gasteiger partial charge in [0.25, 0.3) is 0 Å². The Bertz CT molecular complexity index is 2470. The molecule has 2 nitrogen and oxygen atoms in total. The molecule has 45 heavy (non-hydrogen) atoms. The Balaban J connectivity index is 1.21. The molecule has 0 atom stereocenters. The van der Waals surface area contributed by atoms with Crippen LogP contribution >= 0.6 is 0 Å². The van der Waals surface area contributed by atoms with Crippen LogP contribution in [0.1, 0.15) is 0 Å². The summed E-state index contributed by atoms with van der Waals surface area (Å²) in [4.78, 5) is 2.34. The molecule has 3 heteroatoms. The predicted molar refractivity (Wildman–Crippen MR) is 187 cm³/mol. The summed E-state index contributed by atoms with van der Waals surface area (Å²) in [7, 11) is 0. The number of hydrogen-bond donors (Lipinski definition) is 0. The summed E-state index contributed by atoms with van der Waals surface area (Å²) < 4.78 is 16.1. The number of benzene rings is 8. The van der Waals surface area contributed by atoms with E-state index < -0.39 is 0 Å². The summed E-state index contributed by atoms with van der Waals surface area (Å²) in [6.45, 7) is 0. The van der Waals surface area contributed by atoms with Crippen LogP contribution in [0.15, 0.2) is 164 Å². The van der Waals surface area contributed by atoms with Crippen molar-refractivity contribution in [3.63, 3.8) is 0 Å². The van der Waals surface area contributed by atoms with E-state index in [1.54, 1.807) is 0 Å². The van der Waals surface area contributed by atoms with Gasteiger partial charge in [0.05, 0.1) is 16.7 Å². The van der Waals surface area contributed by atoms with Crippen LogP contribution in [0.25, 0.3) is 60.2 Å². The maximum Gasteiger partial charge on any atom is 0.123 e. The van der Waals surface area contributed by atoms with Gasteiger partial charge in [-0.05, 0) is 94.0 Å². The van der Waals surface area contributed by atoms with Crippen molar-refractivity contribution in [2.45, 2.75) is 0 Å². The first-order valence-corrected chi connectivity index (χ1v) is 15.2. The predicted octanol–water partition coefficient (Wildman–Crippen LogP) is 11.8. The van der Waals surface area contributed by atoms with Gasteiger partial charge in [0.2, 0.25) is 0 Å². The number of hydrogen-bond acceptors (Lipinski definition) is 1.